The van der Waals surface area contributed by atoms with E-state index in [9.17, 15) is 29.8 Å². The van der Waals surface area contributed by atoms with Crippen LogP contribution in [0.2, 0.25) is 0 Å². The van der Waals surface area contributed by atoms with Crippen LogP contribution in [0.4, 0.5) is 0 Å². The third-order valence-corrected chi connectivity index (χ3v) is 3.24. The fraction of sp³-hybridized carbons (Fsp3) is 0.385. The van der Waals surface area contributed by atoms with Crippen LogP contribution in [0, 0.1) is 20.2 Å². The van der Waals surface area contributed by atoms with E-state index in [1.807, 2.05) is 0 Å². The maximum Gasteiger partial charge on any atom is 0.294 e. The molecule has 0 aromatic heterocycles. The molecule has 1 atom stereocenters. The summed E-state index contributed by atoms with van der Waals surface area (Å²) >= 11 is 0. The fourth-order valence-electron chi connectivity index (χ4n) is 2.28. The number of benzene rings is 1. The number of rotatable bonds is 9. The summed E-state index contributed by atoms with van der Waals surface area (Å²) in [7, 11) is 0. The number of nitrogens with zero attached hydrogens (tertiary/aromatic N) is 3. The molecule has 0 bridgehead atoms. The van der Waals surface area contributed by atoms with Gasteiger partial charge < -0.3 is 14.4 Å². The third kappa shape index (κ3) is 4.10. The summed E-state index contributed by atoms with van der Waals surface area (Å²) in [4.78, 5) is 54.4. The highest BCUT2D eigenvalue weighted by Gasteiger charge is 2.38. The van der Waals surface area contributed by atoms with Gasteiger partial charge in [0, 0.05) is 0 Å². The quantitative estimate of drug-likeness (QED) is 0.349. The van der Waals surface area contributed by atoms with Gasteiger partial charge in [-0.2, -0.15) is 0 Å². The van der Waals surface area contributed by atoms with Crippen LogP contribution in [0.15, 0.2) is 18.2 Å². The number of carbonyl (C=O) groups excluding carboxylic acids is 2. The summed E-state index contributed by atoms with van der Waals surface area (Å²) in [6, 6.07) is 4.30. The Kier molecular flexibility index (Phi) is 5.31. The first-order valence-corrected chi connectivity index (χ1v) is 7.05. The van der Waals surface area contributed by atoms with Crippen molar-refractivity contribution >= 4 is 11.8 Å². The largest absolute Gasteiger partial charge is 0.494 e. The molecule has 0 aliphatic carbocycles. The van der Waals surface area contributed by atoms with Crippen LogP contribution in [0.3, 0.4) is 0 Å². The van der Waals surface area contributed by atoms with Gasteiger partial charge in [-0.05, 0) is 25.1 Å². The van der Waals surface area contributed by atoms with Crippen molar-refractivity contribution in [2.75, 3.05) is 19.8 Å². The molecule has 0 fully saturated rings. The minimum absolute atomic E-state index is 0.0750. The van der Waals surface area contributed by atoms with Gasteiger partial charge in [-0.25, -0.2) is 0 Å². The normalized spacial score (nSPS) is 14.0. The van der Waals surface area contributed by atoms with Gasteiger partial charge in [-0.15, -0.1) is 20.2 Å². The molecule has 1 heterocycles. The molecule has 0 spiro atoms. The van der Waals surface area contributed by atoms with E-state index in [0.717, 1.165) is 0 Å². The molecule has 12 nitrogen and oxygen atoms in total. The number of fused-ring (bicyclic) bond motifs is 1. The average Bonchev–Trinajstić information content (AvgIpc) is 2.77. The summed E-state index contributed by atoms with van der Waals surface area (Å²) in [5, 5.41) is 18.4. The average molecular weight is 355 g/mol. The Bertz CT molecular complexity index is 721. The van der Waals surface area contributed by atoms with Crippen LogP contribution in [0.5, 0.6) is 5.75 Å². The number of hydrogen-bond acceptors (Lipinski definition) is 9. The van der Waals surface area contributed by atoms with Gasteiger partial charge in [-0.1, -0.05) is 0 Å². The van der Waals surface area contributed by atoms with Crippen LogP contribution in [-0.2, 0) is 9.68 Å². The molecule has 2 rings (SSSR count). The summed E-state index contributed by atoms with van der Waals surface area (Å²) in [5.41, 5.74) is 0.175. The highest BCUT2D eigenvalue weighted by atomic mass is 17.0. The Hall–Kier alpha value is -3.44. The van der Waals surface area contributed by atoms with E-state index < -0.39 is 41.2 Å². The Morgan fingerprint density at radius 1 is 1.12 bits per heavy atom. The predicted molar refractivity (Wildman–Crippen MR) is 77.8 cm³/mol. The van der Waals surface area contributed by atoms with Crippen molar-refractivity contribution in [3.8, 4) is 5.75 Å². The Labute approximate surface area is 140 Å². The first-order valence-electron chi connectivity index (χ1n) is 7.05. The number of carbonyl (C=O) groups is 2. The smallest absolute Gasteiger partial charge is 0.294 e. The molecule has 1 unspecified atom stereocenters. The summed E-state index contributed by atoms with van der Waals surface area (Å²) in [6.45, 7) is 0.722. The van der Waals surface area contributed by atoms with Gasteiger partial charge in [0.25, 0.3) is 22.0 Å². The molecule has 0 N–H and O–H groups in total. The first-order chi connectivity index (χ1) is 11.8. The van der Waals surface area contributed by atoms with Crippen LogP contribution >= 0.6 is 0 Å². The Morgan fingerprint density at radius 2 is 1.80 bits per heavy atom. The molecule has 1 aromatic carbocycles. The maximum atomic E-state index is 12.4. The number of imide groups is 1. The van der Waals surface area contributed by atoms with Crippen molar-refractivity contribution in [2.45, 2.75) is 13.0 Å². The van der Waals surface area contributed by atoms with Gasteiger partial charge in [0.1, 0.15) is 18.5 Å². The number of hydrogen-bond donors (Lipinski definition) is 0. The summed E-state index contributed by atoms with van der Waals surface area (Å²) in [6.07, 6.45) is -1.51. The molecule has 2 amide bonds. The number of amides is 2. The second kappa shape index (κ2) is 7.42. The van der Waals surface area contributed by atoms with E-state index in [1.54, 1.807) is 6.92 Å². The van der Waals surface area contributed by atoms with Gasteiger partial charge in [0.15, 0.2) is 0 Å². The van der Waals surface area contributed by atoms with Crippen LogP contribution in [0.25, 0.3) is 0 Å². The lowest BCUT2D eigenvalue weighted by atomic mass is 10.1. The zero-order valence-corrected chi connectivity index (χ0v) is 12.9. The number of ether oxygens (including phenoxy) is 1. The Morgan fingerprint density at radius 3 is 2.40 bits per heavy atom. The van der Waals surface area contributed by atoms with Crippen molar-refractivity contribution in [1.29, 1.82) is 0 Å². The minimum atomic E-state index is -1.51. The van der Waals surface area contributed by atoms with E-state index in [-0.39, 0.29) is 11.1 Å². The standard InChI is InChI=1S/C13H13N3O9/c1-2-23-8-3-4-10-11(5-8)13(18)14(12(10)17)6-9(25-16(21)22)7-24-15(19)20/h3-5,9H,2,6-7H2,1H3. The van der Waals surface area contributed by atoms with E-state index in [1.165, 1.54) is 18.2 Å². The van der Waals surface area contributed by atoms with E-state index >= 15 is 0 Å². The van der Waals surface area contributed by atoms with Gasteiger partial charge in [0.05, 0.1) is 24.3 Å². The van der Waals surface area contributed by atoms with E-state index in [0.29, 0.717) is 17.3 Å². The monoisotopic (exact) mass is 355 g/mol. The zero-order valence-electron chi connectivity index (χ0n) is 12.9. The van der Waals surface area contributed by atoms with Crippen molar-refractivity contribution in [2.24, 2.45) is 0 Å². The topological polar surface area (TPSA) is 151 Å². The highest BCUT2D eigenvalue weighted by Crippen LogP contribution is 2.27. The SMILES string of the molecule is CCOc1ccc2c(c1)C(=O)N(CC(CO[N+](=O)[O-])O[N+](=O)[O-])C2=O. The molecule has 0 saturated heterocycles. The highest BCUT2D eigenvalue weighted by molar-refractivity contribution is 6.21. The predicted octanol–water partition coefficient (Wildman–Crippen LogP) is 0.466. The zero-order chi connectivity index (χ0) is 18.6. The molecule has 1 aromatic rings. The molecule has 134 valence electrons. The lowest BCUT2D eigenvalue weighted by Gasteiger charge is -2.20. The minimum Gasteiger partial charge on any atom is -0.494 e. The molecule has 1 aliphatic heterocycles. The molecule has 12 heteroatoms. The first kappa shape index (κ1) is 17.9. The van der Waals surface area contributed by atoms with Crippen LogP contribution in [-0.4, -0.2) is 52.7 Å². The van der Waals surface area contributed by atoms with Crippen molar-refractivity contribution < 1.29 is 34.2 Å². The lowest BCUT2D eigenvalue weighted by molar-refractivity contribution is -0.789. The molecular weight excluding hydrogens is 342 g/mol. The van der Waals surface area contributed by atoms with Gasteiger partial charge in [0.2, 0.25) is 0 Å². The molecule has 0 radical (unpaired) electrons. The van der Waals surface area contributed by atoms with Crippen molar-refractivity contribution in [1.82, 2.24) is 4.90 Å². The molecule has 0 saturated carbocycles. The van der Waals surface area contributed by atoms with Gasteiger partial charge in [-0.3, -0.25) is 14.5 Å². The third-order valence-electron chi connectivity index (χ3n) is 3.24. The van der Waals surface area contributed by atoms with E-state index in [4.69, 9.17) is 4.74 Å². The fourth-order valence-corrected chi connectivity index (χ4v) is 2.28. The van der Waals surface area contributed by atoms with E-state index in [2.05, 4.69) is 9.68 Å². The van der Waals surface area contributed by atoms with Gasteiger partial charge >= 0.3 is 0 Å². The van der Waals surface area contributed by atoms with Crippen molar-refractivity contribution in [3.05, 3.63) is 49.6 Å². The second-order valence-electron chi connectivity index (χ2n) is 4.83. The maximum absolute atomic E-state index is 12.4. The van der Waals surface area contributed by atoms with Crippen LogP contribution < -0.4 is 4.74 Å². The van der Waals surface area contributed by atoms with Crippen LogP contribution in [0.1, 0.15) is 27.6 Å². The molecular formula is C13H13N3O9. The second-order valence-corrected chi connectivity index (χ2v) is 4.83. The summed E-state index contributed by atoms with van der Waals surface area (Å²) in [5.74, 6) is -1.01. The summed E-state index contributed by atoms with van der Waals surface area (Å²) < 4.78 is 5.26. The molecule has 25 heavy (non-hydrogen) atoms. The van der Waals surface area contributed by atoms with Crippen molar-refractivity contribution in [3.63, 3.8) is 0 Å². The Balaban J connectivity index is 2.17. The lowest BCUT2D eigenvalue weighted by Crippen LogP contribution is -2.41. The molecule has 1 aliphatic rings.